The summed E-state index contributed by atoms with van der Waals surface area (Å²) in [5.41, 5.74) is 0.662. The molecule has 0 aliphatic rings. The first kappa shape index (κ1) is 15.4. The third-order valence-electron chi connectivity index (χ3n) is 3.11. The number of aromatic nitrogens is 4. The summed E-state index contributed by atoms with van der Waals surface area (Å²) in [6.45, 7) is 7.50. The summed E-state index contributed by atoms with van der Waals surface area (Å²) in [6, 6.07) is 5.98. The lowest BCUT2D eigenvalue weighted by atomic mass is 9.97. The highest BCUT2D eigenvalue weighted by Crippen LogP contribution is 2.27. The van der Waals surface area contributed by atoms with E-state index < -0.39 is 0 Å². The van der Waals surface area contributed by atoms with Crippen LogP contribution in [0.15, 0.2) is 23.7 Å². The molecule has 0 aliphatic heterocycles. The molecular formula is C16H17N5OS. The number of fused-ring (bicyclic) bond motifs is 1. The number of rotatable bonds is 4. The van der Waals surface area contributed by atoms with Crippen LogP contribution >= 0.6 is 11.3 Å². The maximum atomic E-state index is 9.02. The second kappa shape index (κ2) is 5.97. The zero-order valence-electron chi connectivity index (χ0n) is 13.3. The Hall–Kier alpha value is -2.46. The van der Waals surface area contributed by atoms with E-state index in [1.54, 1.807) is 22.2 Å². The van der Waals surface area contributed by atoms with Crippen LogP contribution in [0.3, 0.4) is 0 Å². The van der Waals surface area contributed by atoms with Gasteiger partial charge in [0.1, 0.15) is 18.1 Å². The molecule has 0 atom stereocenters. The second-order valence-corrected chi connectivity index (χ2v) is 7.47. The van der Waals surface area contributed by atoms with E-state index in [0.717, 1.165) is 10.3 Å². The number of hydrogen-bond donors (Lipinski definition) is 0. The van der Waals surface area contributed by atoms with Crippen molar-refractivity contribution < 1.29 is 4.74 Å². The van der Waals surface area contributed by atoms with E-state index in [2.05, 4.69) is 35.8 Å². The summed E-state index contributed by atoms with van der Waals surface area (Å²) >= 11 is 1.64. The molecule has 118 valence electrons. The van der Waals surface area contributed by atoms with Crippen molar-refractivity contribution in [1.29, 1.82) is 5.26 Å². The van der Waals surface area contributed by atoms with Gasteiger partial charge < -0.3 is 4.74 Å². The van der Waals surface area contributed by atoms with Gasteiger partial charge in [-0.1, -0.05) is 26.8 Å². The molecule has 0 aliphatic carbocycles. The highest BCUT2D eigenvalue weighted by atomic mass is 32.1. The van der Waals surface area contributed by atoms with E-state index in [4.69, 9.17) is 10.00 Å². The van der Waals surface area contributed by atoms with Crippen molar-refractivity contribution in [2.75, 3.05) is 0 Å². The first-order valence-corrected chi connectivity index (χ1v) is 8.13. The summed E-state index contributed by atoms with van der Waals surface area (Å²) in [7, 11) is 0. The Morgan fingerprint density at radius 3 is 2.87 bits per heavy atom. The van der Waals surface area contributed by atoms with E-state index in [-0.39, 0.29) is 11.2 Å². The van der Waals surface area contributed by atoms with Crippen molar-refractivity contribution in [2.45, 2.75) is 33.9 Å². The molecule has 0 N–H and O–H groups in total. The molecular weight excluding hydrogens is 310 g/mol. The van der Waals surface area contributed by atoms with Gasteiger partial charge in [0.2, 0.25) is 11.7 Å². The quantitative estimate of drug-likeness (QED) is 0.734. The summed E-state index contributed by atoms with van der Waals surface area (Å²) < 4.78 is 7.64. The molecule has 23 heavy (non-hydrogen) atoms. The summed E-state index contributed by atoms with van der Waals surface area (Å²) in [6.07, 6.45) is 1.61. The maximum absolute atomic E-state index is 9.02. The molecule has 7 heteroatoms. The fraction of sp³-hybridized carbons (Fsp3) is 0.375. The van der Waals surface area contributed by atoms with Crippen molar-refractivity contribution in [1.82, 2.24) is 19.7 Å². The number of hydrogen-bond acceptors (Lipinski definition) is 6. The Kier molecular flexibility index (Phi) is 4.01. The zero-order chi connectivity index (χ0) is 16.4. The van der Waals surface area contributed by atoms with Crippen LogP contribution in [0.1, 0.15) is 31.5 Å². The molecule has 0 spiro atoms. The molecule has 3 aromatic rings. The average Bonchev–Trinajstić information content (AvgIpc) is 3.12. The predicted octanol–water partition coefficient (Wildman–Crippen LogP) is 3.38. The van der Waals surface area contributed by atoms with Crippen LogP contribution in [0.4, 0.5) is 0 Å². The monoisotopic (exact) mass is 327 g/mol. The van der Waals surface area contributed by atoms with E-state index in [1.165, 1.54) is 0 Å². The Balaban J connectivity index is 1.98. The summed E-state index contributed by atoms with van der Waals surface area (Å²) in [5, 5.41) is 16.3. The van der Waals surface area contributed by atoms with Crippen molar-refractivity contribution >= 4 is 22.4 Å². The summed E-state index contributed by atoms with van der Waals surface area (Å²) in [5.74, 6) is 0.638. The van der Waals surface area contributed by atoms with Crippen LogP contribution in [-0.4, -0.2) is 19.7 Å². The number of ether oxygens (including phenoxy) is 1. The van der Waals surface area contributed by atoms with Crippen LogP contribution < -0.4 is 4.74 Å². The largest absolute Gasteiger partial charge is 0.470 e. The van der Waals surface area contributed by atoms with E-state index in [9.17, 15) is 0 Å². The fourth-order valence-electron chi connectivity index (χ4n) is 2.19. The minimum Gasteiger partial charge on any atom is -0.470 e. The lowest BCUT2D eigenvalue weighted by Gasteiger charge is -2.17. The molecule has 0 saturated carbocycles. The predicted molar refractivity (Wildman–Crippen MR) is 88.1 cm³/mol. The van der Waals surface area contributed by atoms with Crippen LogP contribution in [-0.2, 0) is 13.2 Å². The number of nitrogens with zero attached hydrogens (tertiary/aromatic N) is 5. The molecule has 3 rings (SSSR count). The zero-order valence-corrected chi connectivity index (χ0v) is 14.1. The molecule has 0 bridgehead atoms. The van der Waals surface area contributed by atoms with Gasteiger partial charge >= 0.3 is 0 Å². The van der Waals surface area contributed by atoms with Gasteiger partial charge in [-0.15, -0.1) is 16.4 Å². The molecule has 0 saturated heterocycles. The molecule has 0 aromatic carbocycles. The van der Waals surface area contributed by atoms with E-state index in [1.807, 2.05) is 23.6 Å². The van der Waals surface area contributed by atoms with Crippen LogP contribution in [0.25, 0.3) is 11.0 Å². The molecule has 3 aromatic heterocycles. The van der Waals surface area contributed by atoms with Gasteiger partial charge in [0.15, 0.2) is 5.65 Å². The Bertz CT molecular complexity index is 855. The molecule has 0 radical (unpaired) electrons. The highest BCUT2D eigenvalue weighted by Gasteiger charge is 2.19. The first-order chi connectivity index (χ1) is 11.0. The molecule has 0 unspecified atom stereocenters. The molecule has 6 nitrogen and oxygen atoms in total. The Morgan fingerprint density at radius 2 is 2.22 bits per heavy atom. The van der Waals surface area contributed by atoms with Gasteiger partial charge in [0, 0.05) is 17.6 Å². The van der Waals surface area contributed by atoms with Gasteiger partial charge in [-0.2, -0.15) is 10.2 Å². The van der Waals surface area contributed by atoms with Crippen molar-refractivity contribution in [3.63, 3.8) is 0 Å². The van der Waals surface area contributed by atoms with Crippen LogP contribution in [0.2, 0.25) is 0 Å². The van der Waals surface area contributed by atoms with Crippen LogP contribution in [0, 0.1) is 16.7 Å². The average molecular weight is 327 g/mol. The van der Waals surface area contributed by atoms with E-state index in [0.29, 0.717) is 24.7 Å². The summed E-state index contributed by atoms with van der Waals surface area (Å²) in [4.78, 5) is 9.46. The second-order valence-electron chi connectivity index (χ2n) is 6.43. The van der Waals surface area contributed by atoms with Crippen molar-refractivity contribution in [3.8, 4) is 11.9 Å². The van der Waals surface area contributed by atoms with Crippen LogP contribution in [0.5, 0.6) is 5.88 Å². The van der Waals surface area contributed by atoms with Gasteiger partial charge in [-0.3, -0.25) is 0 Å². The molecule has 0 amide bonds. The Morgan fingerprint density at radius 1 is 1.39 bits per heavy atom. The third-order valence-corrected chi connectivity index (χ3v) is 3.96. The van der Waals surface area contributed by atoms with Gasteiger partial charge in [0.25, 0.3) is 0 Å². The fourth-order valence-corrected chi connectivity index (χ4v) is 2.80. The maximum Gasteiger partial charge on any atom is 0.244 e. The Labute approximate surface area is 138 Å². The molecule has 3 heterocycles. The smallest absolute Gasteiger partial charge is 0.244 e. The normalized spacial score (nSPS) is 11.6. The molecule has 0 fully saturated rings. The van der Waals surface area contributed by atoms with Crippen molar-refractivity contribution in [2.24, 2.45) is 5.41 Å². The van der Waals surface area contributed by atoms with Gasteiger partial charge in [-0.05, 0) is 16.9 Å². The first-order valence-electron chi connectivity index (χ1n) is 7.25. The van der Waals surface area contributed by atoms with Gasteiger partial charge in [0.05, 0.1) is 0 Å². The van der Waals surface area contributed by atoms with Gasteiger partial charge in [-0.25, -0.2) is 9.67 Å². The SMILES string of the molecule is CC(C)(C)Cn1nc(OCc2cccs2)c2cnc(C#N)nc21. The number of nitriles is 1. The lowest BCUT2D eigenvalue weighted by molar-refractivity contribution is 0.283. The standard InChI is InChI=1S/C16H17N5OS/c1-16(2,3)10-21-14-12(8-18-13(7-17)19-14)15(20-21)22-9-11-5-4-6-23-11/h4-6,8H,9-10H2,1-3H3. The number of thiophene rings is 1. The topological polar surface area (TPSA) is 76.6 Å². The van der Waals surface area contributed by atoms with E-state index >= 15 is 0 Å². The third kappa shape index (κ3) is 3.48. The lowest BCUT2D eigenvalue weighted by Crippen LogP contribution is -2.17. The van der Waals surface area contributed by atoms with Crippen molar-refractivity contribution in [3.05, 3.63) is 34.4 Å². The minimum atomic E-state index is 0.0295. The minimum absolute atomic E-state index is 0.0295. The highest BCUT2D eigenvalue weighted by molar-refractivity contribution is 7.09.